The van der Waals surface area contributed by atoms with Gasteiger partial charge in [-0.15, -0.1) is 0 Å². The molecule has 2 heterocycles. The molecule has 0 bridgehead atoms. The van der Waals surface area contributed by atoms with Crippen molar-refractivity contribution in [3.63, 3.8) is 0 Å². The average molecular weight is 323 g/mol. The van der Waals surface area contributed by atoms with E-state index in [2.05, 4.69) is 9.97 Å². The SMILES string of the molecule is O=C(O)C1(C/C=C/c2ccccc2)CCCN(c2ncccn2)C1. The molecule has 0 saturated carbocycles. The van der Waals surface area contributed by atoms with E-state index in [9.17, 15) is 9.90 Å². The minimum Gasteiger partial charge on any atom is -0.481 e. The molecule has 1 N–H and O–H groups in total. The molecule has 5 heteroatoms. The van der Waals surface area contributed by atoms with Crippen LogP contribution in [0.3, 0.4) is 0 Å². The molecule has 5 nitrogen and oxygen atoms in total. The van der Waals surface area contributed by atoms with Crippen LogP contribution in [0.2, 0.25) is 0 Å². The number of carboxylic acid groups (broad SMARTS) is 1. The van der Waals surface area contributed by atoms with E-state index >= 15 is 0 Å². The molecule has 1 aliphatic rings. The summed E-state index contributed by atoms with van der Waals surface area (Å²) in [4.78, 5) is 22.5. The van der Waals surface area contributed by atoms with E-state index in [1.54, 1.807) is 18.5 Å². The number of aliphatic carboxylic acids is 1. The van der Waals surface area contributed by atoms with E-state index in [1.807, 2.05) is 47.4 Å². The molecule has 1 aromatic heterocycles. The first-order valence-electron chi connectivity index (χ1n) is 8.17. The summed E-state index contributed by atoms with van der Waals surface area (Å²) in [5.74, 6) is -0.143. The number of benzene rings is 1. The van der Waals surface area contributed by atoms with E-state index in [-0.39, 0.29) is 0 Å². The van der Waals surface area contributed by atoms with Crippen LogP contribution in [0.15, 0.2) is 54.9 Å². The number of allylic oxidation sites excluding steroid dienone is 1. The van der Waals surface area contributed by atoms with Gasteiger partial charge in [-0.2, -0.15) is 0 Å². The second-order valence-corrected chi connectivity index (χ2v) is 6.18. The number of piperidine rings is 1. The molecule has 2 aromatic rings. The Balaban J connectivity index is 1.75. The first kappa shape index (κ1) is 16.2. The third-order valence-corrected chi connectivity index (χ3v) is 4.48. The fraction of sp³-hybridized carbons (Fsp3) is 0.316. The number of rotatable bonds is 5. The van der Waals surface area contributed by atoms with Crippen molar-refractivity contribution in [1.29, 1.82) is 0 Å². The van der Waals surface area contributed by atoms with Crippen molar-refractivity contribution < 1.29 is 9.90 Å². The van der Waals surface area contributed by atoms with E-state index in [1.165, 1.54) is 0 Å². The molecule has 0 radical (unpaired) electrons. The number of anilines is 1. The standard InChI is InChI=1S/C19H21N3O2/c23-17(24)19(10-4-9-16-7-2-1-3-8-16)11-5-14-22(15-19)18-20-12-6-13-21-18/h1-4,6-9,12-13H,5,10-11,14-15H2,(H,23,24)/b9-4+. The number of hydrogen-bond acceptors (Lipinski definition) is 4. The van der Waals surface area contributed by atoms with Gasteiger partial charge < -0.3 is 10.0 Å². The summed E-state index contributed by atoms with van der Waals surface area (Å²) in [6.45, 7) is 1.23. The van der Waals surface area contributed by atoms with Gasteiger partial charge in [-0.1, -0.05) is 42.5 Å². The van der Waals surface area contributed by atoms with Crippen LogP contribution in [-0.4, -0.2) is 34.1 Å². The van der Waals surface area contributed by atoms with Gasteiger partial charge in [0.2, 0.25) is 5.95 Å². The minimum atomic E-state index is -0.789. The van der Waals surface area contributed by atoms with Crippen LogP contribution < -0.4 is 4.90 Å². The maximum Gasteiger partial charge on any atom is 0.311 e. The van der Waals surface area contributed by atoms with Crippen LogP contribution in [-0.2, 0) is 4.79 Å². The topological polar surface area (TPSA) is 66.3 Å². The fourth-order valence-electron chi connectivity index (χ4n) is 3.17. The molecule has 0 amide bonds. The first-order chi connectivity index (χ1) is 11.7. The second kappa shape index (κ2) is 7.25. The largest absolute Gasteiger partial charge is 0.481 e. The Hall–Kier alpha value is -2.69. The van der Waals surface area contributed by atoms with Crippen molar-refractivity contribution in [3.05, 3.63) is 60.4 Å². The molecule has 3 rings (SSSR count). The number of carboxylic acids is 1. The summed E-state index contributed by atoms with van der Waals surface area (Å²) in [7, 11) is 0. The Morgan fingerprint density at radius 2 is 1.96 bits per heavy atom. The van der Waals surface area contributed by atoms with Crippen molar-refractivity contribution in [2.45, 2.75) is 19.3 Å². The lowest BCUT2D eigenvalue weighted by Crippen LogP contribution is -2.48. The molecule has 0 spiro atoms. The second-order valence-electron chi connectivity index (χ2n) is 6.18. The van der Waals surface area contributed by atoms with Crippen LogP contribution in [0.5, 0.6) is 0 Å². The van der Waals surface area contributed by atoms with E-state index < -0.39 is 11.4 Å². The monoisotopic (exact) mass is 323 g/mol. The molecular weight excluding hydrogens is 302 g/mol. The van der Waals surface area contributed by atoms with E-state index in [0.29, 0.717) is 25.3 Å². The predicted molar refractivity (Wildman–Crippen MR) is 93.6 cm³/mol. The van der Waals surface area contributed by atoms with Crippen molar-refractivity contribution >= 4 is 18.0 Å². The quantitative estimate of drug-likeness (QED) is 0.915. The Labute approximate surface area is 141 Å². The van der Waals surface area contributed by atoms with Crippen molar-refractivity contribution in [2.24, 2.45) is 5.41 Å². The highest BCUT2D eigenvalue weighted by Gasteiger charge is 2.42. The summed E-state index contributed by atoms with van der Waals surface area (Å²) in [5, 5.41) is 9.85. The molecule has 1 atom stereocenters. The van der Waals surface area contributed by atoms with Gasteiger partial charge in [0.05, 0.1) is 5.41 Å². The van der Waals surface area contributed by atoms with Crippen LogP contribution in [0, 0.1) is 5.41 Å². The fourth-order valence-corrected chi connectivity index (χ4v) is 3.17. The van der Waals surface area contributed by atoms with Crippen LogP contribution in [0.25, 0.3) is 6.08 Å². The average Bonchev–Trinajstić information content (AvgIpc) is 2.63. The number of hydrogen-bond donors (Lipinski definition) is 1. The Kier molecular flexibility index (Phi) is 4.89. The zero-order valence-electron chi connectivity index (χ0n) is 13.5. The summed E-state index contributed by atoms with van der Waals surface area (Å²) in [5.41, 5.74) is 0.292. The van der Waals surface area contributed by atoms with Gasteiger partial charge in [0.15, 0.2) is 0 Å². The number of carbonyl (C=O) groups is 1. The lowest BCUT2D eigenvalue weighted by atomic mass is 9.77. The maximum absolute atomic E-state index is 12.0. The summed E-state index contributed by atoms with van der Waals surface area (Å²) in [6, 6.07) is 11.7. The van der Waals surface area contributed by atoms with E-state index in [4.69, 9.17) is 0 Å². The Bertz CT molecular complexity index is 703. The van der Waals surface area contributed by atoms with Gasteiger partial charge in [0.1, 0.15) is 0 Å². The number of nitrogens with zero attached hydrogens (tertiary/aromatic N) is 3. The highest BCUT2D eigenvalue weighted by Crippen LogP contribution is 2.35. The molecule has 0 aliphatic carbocycles. The summed E-state index contributed by atoms with van der Waals surface area (Å²) >= 11 is 0. The third-order valence-electron chi connectivity index (χ3n) is 4.48. The molecule has 24 heavy (non-hydrogen) atoms. The van der Waals surface area contributed by atoms with Crippen LogP contribution >= 0.6 is 0 Å². The third kappa shape index (κ3) is 3.62. The van der Waals surface area contributed by atoms with E-state index in [0.717, 1.165) is 18.5 Å². The summed E-state index contributed by atoms with van der Waals surface area (Å²) < 4.78 is 0. The van der Waals surface area contributed by atoms with Crippen LogP contribution in [0.1, 0.15) is 24.8 Å². The lowest BCUT2D eigenvalue weighted by Gasteiger charge is -2.39. The zero-order valence-corrected chi connectivity index (χ0v) is 13.5. The van der Waals surface area contributed by atoms with Gasteiger partial charge in [-0.25, -0.2) is 9.97 Å². The van der Waals surface area contributed by atoms with Gasteiger partial charge >= 0.3 is 5.97 Å². The zero-order chi connectivity index (χ0) is 16.8. The van der Waals surface area contributed by atoms with Crippen LogP contribution in [0.4, 0.5) is 5.95 Å². The molecule has 1 saturated heterocycles. The van der Waals surface area contributed by atoms with Crippen molar-refractivity contribution in [3.8, 4) is 0 Å². The smallest absolute Gasteiger partial charge is 0.311 e. The highest BCUT2D eigenvalue weighted by molar-refractivity contribution is 5.76. The van der Waals surface area contributed by atoms with Gasteiger partial charge in [-0.3, -0.25) is 4.79 Å². The molecular formula is C19H21N3O2. The molecule has 1 aromatic carbocycles. The summed E-state index contributed by atoms with van der Waals surface area (Å²) in [6.07, 6.45) is 9.33. The molecule has 124 valence electrons. The van der Waals surface area contributed by atoms with Gasteiger partial charge in [0.25, 0.3) is 0 Å². The molecule has 1 unspecified atom stereocenters. The van der Waals surface area contributed by atoms with Gasteiger partial charge in [-0.05, 0) is 30.9 Å². The molecule has 1 fully saturated rings. The van der Waals surface area contributed by atoms with Crippen molar-refractivity contribution in [1.82, 2.24) is 9.97 Å². The first-order valence-corrected chi connectivity index (χ1v) is 8.17. The maximum atomic E-state index is 12.0. The van der Waals surface area contributed by atoms with Gasteiger partial charge in [0, 0.05) is 25.5 Å². The highest BCUT2D eigenvalue weighted by atomic mass is 16.4. The Morgan fingerprint density at radius 1 is 1.21 bits per heavy atom. The minimum absolute atomic E-state index is 0.436. The predicted octanol–water partition coefficient (Wildman–Crippen LogP) is 3.25. The normalized spacial score (nSPS) is 21.1. The molecule has 1 aliphatic heterocycles. The lowest BCUT2D eigenvalue weighted by molar-refractivity contribution is -0.149. The van der Waals surface area contributed by atoms with Crippen molar-refractivity contribution in [2.75, 3.05) is 18.0 Å². The Morgan fingerprint density at radius 3 is 2.67 bits per heavy atom. The number of aromatic nitrogens is 2.